The second kappa shape index (κ2) is 7.30. The highest BCUT2D eigenvalue weighted by Gasteiger charge is 2.20. The van der Waals surface area contributed by atoms with E-state index in [1.807, 2.05) is 43.5 Å². The van der Waals surface area contributed by atoms with Crippen LogP contribution in [0.4, 0.5) is 4.39 Å². The molecule has 4 nitrogen and oxygen atoms in total. The lowest BCUT2D eigenvalue weighted by atomic mass is 10.1. The average Bonchev–Trinajstić information content (AvgIpc) is 3.16. The summed E-state index contributed by atoms with van der Waals surface area (Å²) in [4.78, 5) is 14.1. The normalized spacial score (nSPS) is 12.0. The van der Waals surface area contributed by atoms with Gasteiger partial charge in [0.2, 0.25) is 5.91 Å². The van der Waals surface area contributed by atoms with Crippen molar-refractivity contribution in [1.82, 2.24) is 14.7 Å². The quantitative estimate of drug-likeness (QED) is 0.711. The highest BCUT2D eigenvalue weighted by molar-refractivity contribution is 5.79. The first-order valence-electron chi connectivity index (χ1n) is 8.15. The number of amides is 1. The largest absolute Gasteiger partial charge is 0.339 e. The molecule has 0 radical (unpaired) electrons. The predicted octanol–water partition coefficient (Wildman–Crippen LogP) is 3.77. The molecule has 3 aromatic rings. The molecule has 5 heteroatoms. The van der Waals surface area contributed by atoms with Crippen molar-refractivity contribution in [2.45, 2.75) is 19.4 Å². The number of aromatic nitrogens is 2. The summed E-state index contributed by atoms with van der Waals surface area (Å²) in [6, 6.07) is 15.8. The van der Waals surface area contributed by atoms with Gasteiger partial charge in [0.15, 0.2) is 0 Å². The molecule has 0 N–H and O–H groups in total. The van der Waals surface area contributed by atoms with Crippen LogP contribution >= 0.6 is 0 Å². The maximum atomic E-state index is 13.9. The molecule has 0 saturated carbocycles. The van der Waals surface area contributed by atoms with Gasteiger partial charge >= 0.3 is 0 Å². The molecule has 1 unspecified atom stereocenters. The maximum absolute atomic E-state index is 13.9. The second-order valence-corrected chi connectivity index (χ2v) is 6.00. The molecule has 1 heterocycles. The fraction of sp³-hybridized carbons (Fsp3) is 0.200. The average molecular weight is 337 g/mol. The zero-order valence-electron chi connectivity index (χ0n) is 14.3. The van der Waals surface area contributed by atoms with Crippen LogP contribution in [0.25, 0.3) is 5.69 Å². The van der Waals surface area contributed by atoms with E-state index >= 15 is 0 Å². The van der Waals surface area contributed by atoms with Gasteiger partial charge in [-0.3, -0.25) is 4.79 Å². The van der Waals surface area contributed by atoms with E-state index in [1.54, 1.807) is 41.0 Å². The van der Waals surface area contributed by atoms with Crippen molar-refractivity contribution < 1.29 is 9.18 Å². The molecule has 2 aromatic carbocycles. The van der Waals surface area contributed by atoms with Gasteiger partial charge in [-0.25, -0.2) is 9.07 Å². The number of hydrogen-bond acceptors (Lipinski definition) is 2. The minimum absolute atomic E-state index is 0.0532. The fourth-order valence-corrected chi connectivity index (χ4v) is 2.73. The van der Waals surface area contributed by atoms with E-state index in [9.17, 15) is 9.18 Å². The van der Waals surface area contributed by atoms with Gasteiger partial charge in [-0.1, -0.05) is 30.3 Å². The minimum Gasteiger partial charge on any atom is -0.339 e. The summed E-state index contributed by atoms with van der Waals surface area (Å²) in [7, 11) is 1.71. The topological polar surface area (TPSA) is 38.1 Å². The molecule has 3 rings (SSSR count). The first-order chi connectivity index (χ1) is 12.1. The van der Waals surface area contributed by atoms with Gasteiger partial charge in [0, 0.05) is 25.0 Å². The first kappa shape index (κ1) is 16.9. The molecule has 0 aliphatic heterocycles. The Morgan fingerprint density at radius 1 is 1.16 bits per heavy atom. The highest BCUT2D eigenvalue weighted by Crippen LogP contribution is 2.22. The van der Waals surface area contributed by atoms with Crippen molar-refractivity contribution in [3.8, 4) is 5.69 Å². The zero-order chi connectivity index (χ0) is 17.8. The Kier molecular flexibility index (Phi) is 4.93. The third-order valence-electron chi connectivity index (χ3n) is 4.39. The predicted molar refractivity (Wildman–Crippen MR) is 94.9 cm³/mol. The monoisotopic (exact) mass is 337 g/mol. The summed E-state index contributed by atoms with van der Waals surface area (Å²) in [5.74, 6) is -0.346. The lowest BCUT2D eigenvalue weighted by Crippen LogP contribution is -2.31. The standard InChI is InChI=1S/C20H20FN3O/c1-15(18-6-3-4-7-19(18)21)23(2)20(25)14-16-8-10-17(11-9-16)24-13-5-12-22-24/h3-13,15H,14H2,1-2H3. The van der Waals surface area contributed by atoms with Crippen molar-refractivity contribution in [2.75, 3.05) is 7.05 Å². The summed E-state index contributed by atoms with van der Waals surface area (Å²) in [5.41, 5.74) is 2.37. The molecule has 1 amide bonds. The lowest BCUT2D eigenvalue weighted by molar-refractivity contribution is -0.131. The number of carbonyl (C=O) groups is 1. The number of likely N-dealkylation sites (N-methyl/N-ethyl adjacent to an activating group) is 1. The van der Waals surface area contributed by atoms with E-state index < -0.39 is 0 Å². The van der Waals surface area contributed by atoms with Crippen LogP contribution in [0.5, 0.6) is 0 Å². The van der Waals surface area contributed by atoms with Gasteiger partial charge in [-0.2, -0.15) is 5.10 Å². The van der Waals surface area contributed by atoms with E-state index in [4.69, 9.17) is 0 Å². The first-order valence-corrected chi connectivity index (χ1v) is 8.15. The Balaban J connectivity index is 1.68. The van der Waals surface area contributed by atoms with Gasteiger partial charge in [0.1, 0.15) is 5.82 Å². The molecule has 25 heavy (non-hydrogen) atoms. The Bertz CT molecular complexity index is 844. The maximum Gasteiger partial charge on any atom is 0.227 e. The van der Waals surface area contributed by atoms with Crippen LogP contribution in [0.3, 0.4) is 0 Å². The molecule has 0 bridgehead atoms. The van der Waals surface area contributed by atoms with Crippen molar-refractivity contribution in [3.05, 3.63) is 83.9 Å². The number of rotatable bonds is 5. The van der Waals surface area contributed by atoms with Gasteiger partial charge in [-0.15, -0.1) is 0 Å². The summed E-state index contributed by atoms with van der Waals surface area (Å²) in [5, 5.41) is 4.18. The van der Waals surface area contributed by atoms with Gasteiger partial charge in [0.25, 0.3) is 0 Å². The minimum atomic E-state index is -0.322. The Hall–Kier alpha value is -2.95. The fourth-order valence-electron chi connectivity index (χ4n) is 2.73. The Morgan fingerprint density at radius 2 is 1.88 bits per heavy atom. The molecule has 128 valence electrons. The third-order valence-corrected chi connectivity index (χ3v) is 4.39. The summed E-state index contributed by atoms with van der Waals surface area (Å²) < 4.78 is 15.7. The van der Waals surface area contributed by atoms with Crippen molar-refractivity contribution in [3.63, 3.8) is 0 Å². The van der Waals surface area contributed by atoms with Crippen LogP contribution in [-0.2, 0) is 11.2 Å². The van der Waals surface area contributed by atoms with Crippen LogP contribution in [0.1, 0.15) is 24.1 Å². The van der Waals surface area contributed by atoms with Crippen molar-refractivity contribution in [1.29, 1.82) is 0 Å². The van der Waals surface area contributed by atoms with Gasteiger partial charge in [0.05, 0.1) is 18.2 Å². The molecular weight excluding hydrogens is 317 g/mol. The lowest BCUT2D eigenvalue weighted by Gasteiger charge is -2.25. The van der Waals surface area contributed by atoms with Crippen LogP contribution in [0.2, 0.25) is 0 Å². The molecule has 0 aliphatic carbocycles. The van der Waals surface area contributed by atoms with E-state index in [2.05, 4.69) is 5.10 Å². The molecule has 1 atom stereocenters. The number of halogens is 1. The SMILES string of the molecule is CC(c1ccccc1F)N(C)C(=O)Cc1ccc(-n2cccn2)cc1. The van der Waals surface area contributed by atoms with E-state index in [0.717, 1.165) is 11.3 Å². The van der Waals surface area contributed by atoms with E-state index in [-0.39, 0.29) is 24.2 Å². The van der Waals surface area contributed by atoms with E-state index in [1.165, 1.54) is 6.07 Å². The molecule has 1 aromatic heterocycles. The van der Waals surface area contributed by atoms with Crippen molar-refractivity contribution in [2.24, 2.45) is 0 Å². The van der Waals surface area contributed by atoms with Gasteiger partial charge < -0.3 is 4.90 Å². The number of hydrogen-bond donors (Lipinski definition) is 0. The number of benzene rings is 2. The smallest absolute Gasteiger partial charge is 0.227 e. The highest BCUT2D eigenvalue weighted by atomic mass is 19.1. The summed E-state index contributed by atoms with van der Waals surface area (Å²) in [6.07, 6.45) is 3.86. The van der Waals surface area contributed by atoms with Crippen molar-refractivity contribution >= 4 is 5.91 Å². The number of nitrogens with zero attached hydrogens (tertiary/aromatic N) is 3. The Labute approximate surface area is 146 Å². The van der Waals surface area contributed by atoms with Crippen LogP contribution in [0, 0.1) is 5.82 Å². The second-order valence-electron chi connectivity index (χ2n) is 6.00. The Morgan fingerprint density at radius 3 is 2.52 bits per heavy atom. The van der Waals surface area contributed by atoms with Crippen LogP contribution in [-0.4, -0.2) is 27.6 Å². The zero-order valence-corrected chi connectivity index (χ0v) is 14.3. The van der Waals surface area contributed by atoms with Crippen LogP contribution < -0.4 is 0 Å². The molecule has 0 spiro atoms. The number of carbonyl (C=O) groups excluding carboxylic acids is 1. The molecular formula is C20H20FN3O. The molecule has 0 saturated heterocycles. The molecule has 0 aliphatic rings. The van der Waals surface area contributed by atoms with E-state index in [0.29, 0.717) is 5.56 Å². The summed E-state index contributed by atoms with van der Waals surface area (Å²) >= 11 is 0. The van der Waals surface area contributed by atoms with Crippen LogP contribution in [0.15, 0.2) is 67.0 Å². The molecule has 0 fully saturated rings. The van der Waals surface area contributed by atoms with Gasteiger partial charge in [-0.05, 0) is 36.8 Å². The summed E-state index contributed by atoms with van der Waals surface area (Å²) in [6.45, 7) is 1.83. The third kappa shape index (κ3) is 3.76.